The number of carbonyl (C=O) groups excluding carboxylic acids is 1. The standard InChI is InChI=1S/C18H22ClN3O3S/c1-14(23)22(17-8-6-16(7-9-17)21(2)3)13-12-20-26(24,25)18-10-4-15(19)5-11-18/h4-11,20H,12-13H2,1-3H3. The Balaban J connectivity index is 2.04. The minimum Gasteiger partial charge on any atom is -0.378 e. The maximum absolute atomic E-state index is 12.3. The van der Waals surface area contributed by atoms with Crippen LogP contribution < -0.4 is 14.5 Å². The van der Waals surface area contributed by atoms with Gasteiger partial charge in [0, 0.05) is 50.5 Å². The molecule has 0 bridgehead atoms. The van der Waals surface area contributed by atoms with Crippen LogP contribution in [0.25, 0.3) is 0 Å². The molecule has 0 saturated carbocycles. The van der Waals surface area contributed by atoms with Gasteiger partial charge in [0.25, 0.3) is 0 Å². The van der Waals surface area contributed by atoms with Gasteiger partial charge in [-0.1, -0.05) is 11.6 Å². The number of amides is 1. The summed E-state index contributed by atoms with van der Waals surface area (Å²) >= 11 is 5.78. The van der Waals surface area contributed by atoms with Gasteiger partial charge in [-0.3, -0.25) is 4.79 Å². The SMILES string of the molecule is CC(=O)N(CCNS(=O)(=O)c1ccc(Cl)cc1)c1ccc(N(C)C)cc1. The molecule has 0 fully saturated rings. The van der Waals surface area contributed by atoms with Crippen LogP contribution in [0.2, 0.25) is 5.02 Å². The van der Waals surface area contributed by atoms with Crippen molar-refractivity contribution < 1.29 is 13.2 Å². The van der Waals surface area contributed by atoms with E-state index in [1.54, 1.807) is 0 Å². The zero-order valence-corrected chi connectivity index (χ0v) is 16.5. The molecular formula is C18H22ClN3O3S. The fourth-order valence-corrected chi connectivity index (χ4v) is 3.54. The summed E-state index contributed by atoms with van der Waals surface area (Å²) in [5.74, 6) is -0.159. The van der Waals surface area contributed by atoms with E-state index in [2.05, 4.69) is 4.72 Å². The van der Waals surface area contributed by atoms with E-state index in [9.17, 15) is 13.2 Å². The molecular weight excluding hydrogens is 374 g/mol. The number of nitrogens with zero attached hydrogens (tertiary/aromatic N) is 2. The van der Waals surface area contributed by atoms with E-state index < -0.39 is 10.0 Å². The van der Waals surface area contributed by atoms with Gasteiger partial charge in [0.05, 0.1) is 4.90 Å². The molecule has 1 amide bonds. The molecule has 0 aromatic heterocycles. The highest BCUT2D eigenvalue weighted by molar-refractivity contribution is 7.89. The summed E-state index contributed by atoms with van der Waals surface area (Å²) in [5.41, 5.74) is 1.73. The lowest BCUT2D eigenvalue weighted by atomic mass is 10.2. The van der Waals surface area contributed by atoms with Gasteiger partial charge in [0.2, 0.25) is 15.9 Å². The van der Waals surface area contributed by atoms with E-state index in [0.717, 1.165) is 5.69 Å². The molecule has 140 valence electrons. The summed E-state index contributed by atoms with van der Waals surface area (Å²) < 4.78 is 27.1. The number of halogens is 1. The van der Waals surface area contributed by atoms with Crippen molar-refractivity contribution in [2.75, 3.05) is 37.0 Å². The molecule has 0 spiro atoms. The molecule has 6 nitrogen and oxygen atoms in total. The molecule has 26 heavy (non-hydrogen) atoms. The predicted octanol–water partition coefficient (Wildman–Crippen LogP) is 2.74. The molecule has 0 aliphatic rings. The average molecular weight is 396 g/mol. The first-order valence-electron chi connectivity index (χ1n) is 8.01. The van der Waals surface area contributed by atoms with Crippen molar-refractivity contribution in [3.8, 4) is 0 Å². The van der Waals surface area contributed by atoms with Crippen molar-refractivity contribution in [3.05, 3.63) is 53.6 Å². The lowest BCUT2D eigenvalue weighted by molar-refractivity contribution is -0.116. The fraction of sp³-hybridized carbons (Fsp3) is 0.278. The van der Waals surface area contributed by atoms with Crippen LogP contribution >= 0.6 is 11.6 Å². The van der Waals surface area contributed by atoms with Gasteiger partial charge in [-0.25, -0.2) is 13.1 Å². The van der Waals surface area contributed by atoms with Crippen LogP contribution in [0, 0.1) is 0 Å². The lowest BCUT2D eigenvalue weighted by Crippen LogP contribution is -2.37. The van der Waals surface area contributed by atoms with Gasteiger partial charge >= 0.3 is 0 Å². The number of hydrogen-bond acceptors (Lipinski definition) is 4. The normalized spacial score (nSPS) is 11.2. The fourth-order valence-electron chi connectivity index (χ4n) is 2.39. The lowest BCUT2D eigenvalue weighted by Gasteiger charge is -2.22. The van der Waals surface area contributed by atoms with E-state index >= 15 is 0 Å². The molecule has 0 heterocycles. The minimum atomic E-state index is -3.65. The Hall–Kier alpha value is -2.09. The van der Waals surface area contributed by atoms with Gasteiger partial charge < -0.3 is 9.80 Å². The maximum Gasteiger partial charge on any atom is 0.240 e. The number of nitrogens with one attached hydrogen (secondary N) is 1. The smallest absolute Gasteiger partial charge is 0.240 e. The Kier molecular flexibility index (Phi) is 6.63. The van der Waals surface area contributed by atoms with Crippen LogP contribution in [0.1, 0.15) is 6.92 Å². The van der Waals surface area contributed by atoms with Crippen molar-refractivity contribution in [1.82, 2.24) is 4.72 Å². The molecule has 0 atom stereocenters. The maximum atomic E-state index is 12.3. The summed E-state index contributed by atoms with van der Waals surface area (Å²) in [5, 5.41) is 0.466. The first-order valence-corrected chi connectivity index (χ1v) is 9.87. The highest BCUT2D eigenvalue weighted by Crippen LogP contribution is 2.19. The second-order valence-corrected chi connectivity index (χ2v) is 8.14. The van der Waals surface area contributed by atoms with Gasteiger partial charge in [0.15, 0.2) is 0 Å². The molecule has 8 heteroatoms. The molecule has 0 saturated heterocycles. The van der Waals surface area contributed by atoms with Crippen molar-refractivity contribution in [2.45, 2.75) is 11.8 Å². The average Bonchev–Trinajstić information content (AvgIpc) is 2.59. The van der Waals surface area contributed by atoms with E-state index in [4.69, 9.17) is 11.6 Å². The van der Waals surface area contributed by atoms with E-state index in [-0.39, 0.29) is 23.9 Å². The van der Waals surface area contributed by atoms with Crippen LogP contribution in [-0.2, 0) is 14.8 Å². The summed E-state index contributed by atoms with van der Waals surface area (Å²) in [6.45, 7) is 1.77. The number of sulfonamides is 1. The molecule has 2 aromatic carbocycles. The third kappa shape index (κ3) is 5.20. The van der Waals surface area contributed by atoms with Crippen molar-refractivity contribution >= 4 is 38.9 Å². The zero-order valence-electron chi connectivity index (χ0n) is 14.9. The minimum absolute atomic E-state index is 0.0972. The van der Waals surface area contributed by atoms with Gasteiger partial charge in [-0.15, -0.1) is 0 Å². The van der Waals surface area contributed by atoms with Crippen molar-refractivity contribution in [1.29, 1.82) is 0 Å². The molecule has 0 unspecified atom stereocenters. The Labute approximate surface area is 159 Å². The van der Waals surface area contributed by atoms with Crippen LogP contribution in [-0.4, -0.2) is 41.5 Å². The summed E-state index contributed by atoms with van der Waals surface area (Å²) in [6.07, 6.45) is 0. The summed E-state index contributed by atoms with van der Waals surface area (Å²) in [4.78, 5) is 15.6. The number of rotatable bonds is 7. The molecule has 0 radical (unpaired) electrons. The Bertz CT molecular complexity index is 850. The van der Waals surface area contributed by atoms with Gasteiger partial charge in [-0.2, -0.15) is 0 Å². The number of hydrogen-bond donors (Lipinski definition) is 1. The Morgan fingerprint density at radius 2 is 1.54 bits per heavy atom. The predicted molar refractivity (Wildman–Crippen MR) is 105 cm³/mol. The number of benzene rings is 2. The Morgan fingerprint density at radius 3 is 2.04 bits per heavy atom. The highest BCUT2D eigenvalue weighted by atomic mass is 35.5. The quantitative estimate of drug-likeness (QED) is 0.782. The van der Waals surface area contributed by atoms with Gasteiger partial charge in [0.1, 0.15) is 0 Å². The van der Waals surface area contributed by atoms with E-state index in [1.807, 2.05) is 43.3 Å². The molecule has 1 N–H and O–H groups in total. The van der Waals surface area contributed by atoms with Crippen LogP contribution in [0.5, 0.6) is 0 Å². The first-order chi connectivity index (χ1) is 12.2. The second-order valence-electron chi connectivity index (χ2n) is 5.93. The second kappa shape index (κ2) is 8.53. The third-order valence-corrected chi connectivity index (χ3v) is 5.54. The molecule has 0 aliphatic carbocycles. The van der Waals surface area contributed by atoms with Crippen LogP contribution in [0.15, 0.2) is 53.4 Å². The van der Waals surface area contributed by atoms with Crippen LogP contribution in [0.3, 0.4) is 0 Å². The first kappa shape index (κ1) is 20.2. The summed E-state index contributed by atoms with van der Waals surface area (Å²) in [6, 6.07) is 13.4. The zero-order chi connectivity index (χ0) is 19.3. The Morgan fingerprint density at radius 1 is 1.00 bits per heavy atom. The topological polar surface area (TPSA) is 69.7 Å². The van der Waals surface area contributed by atoms with Crippen molar-refractivity contribution in [3.63, 3.8) is 0 Å². The largest absolute Gasteiger partial charge is 0.378 e. The number of anilines is 2. The summed E-state index contributed by atoms with van der Waals surface area (Å²) in [7, 11) is 0.216. The van der Waals surface area contributed by atoms with Gasteiger partial charge in [-0.05, 0) is 48.5 Å². The van der Waals surface area contributed by atoms with Crippen molar-refractivity contribution in [2.24, 2.45) is 0 Å². The molecule has 0 aliphatic heterocycles. The van der Waals surface area contributed by atoms with Crippen LogP contribution in [0.4, 0.5) is 11.4 Å². The molecule has 2 aromatic rings. The molecule has 2 rings (SSSR count). The van der Waals surface area contributed by atoms with E-state index in [0.29, 0.717) is 10.7 Å². The highest BCUT2D eigenvalue weighted by Gasteiger charge is 2.16. The third-order valence-electron chi connectivity index (χ3n) is 3.81. The number of carbonyl (C=O) groups is 1. The monoisotopic (exact) mass is 395 g/mol. The van der Waals surface area contributed by atoms with E-state index in [1.165, 1.54) is 36.1 Å².